The van der Waals surface area contributed by atoms with E-state index in [0.717, 1.165) is 22.4 Å². The van der Waals surface area contributed by atoms with Crippen LogP contribution in [0, 0.1) is 31.1 Å². The van der Waals surface area contributed by atoms with E-state index >= 15 is 0 Å². The summed E-state index contributed by atoms with van der Waals surface area (Å²) in [5, 5.41) is 12.1. The molecule has 0 saturated carbocycles. The van der Waals surface area contributed by atoms with Gasteiger partial charge in [-0.25, -0.2) is 0 Å². The van der Waals surface area contributed by atoms with Gasteiger partial charge >= 0.3 is 0 Å². The molecule has 0 aromatic heterocycles. The molecule has 2 aromatic rings. The van der Waals surface area contributed by atoms with E-state index in [4.69, 9.17) is 0 Å². The van der Waals surface area contributed by atoms with Gasteiger partial charge in [0.25, 0.3) is 0 Å². The lowest BCUT2D eigenvalue weighted by atomic mass is 9.99. The van der Waals surface area contributed by atoms with Gasteiger partial charge in [-0.3, -0.25) is 4.79 Å². The highest BCUT2D eigenvalue weighted by Gasteiger charge is 2.19. The summed E-state index contributed by atoms with van der Waals surface area (Å²) in [6.45, 7) is 3.91. The van der Waals surface area contributed by atoms with Crippen LogP contribution >= 0.6 is 0 Å². The average molecular weight is 278 g/mol. The molecule has 1 atom stereocenters. The van der Waals surface area contributed by atoms with Crippen molar-refractivity contribution in [3.05, 3.63) is 65.2 Å². The first-order chi connectivity index (χ1) is 10.1. The molecule has 0 aliphatic carbocycles. The lowest BCUT2D eigenvalue weighted by Crippen LogP contribution is -2.23. The first-order valence-corrected chi connectivity index (χ1v) is 6.92. The fraction of sp³-hybridized carbons (Fsp3) is 0.222. The lowest BCUT2D eigenvalue weighted by Gasteiger charge is -2.13. The Morgan fingerprint density at radius 1 is 1.19 bits per heavy atom. The molecular formula is C18H18N2O. The van der Waals surface area contributed by atoms with E-state index in [-0.39, 0.29) is 5.91 Å². The molecule has 0 radical (unpaired) electrons. The number of nitriles is 1. The Morgan fingerprint density at radius 2 is 1.90 bits per heavy atom. The van der Waals surface area contributed by atoms with Crippen molar-refractivity contribution in [2.45, 2.75) is 20.3 Å². The maximum absolute atomic E-state index is 12.3. The molecule has 3 nitrogen and oxygen atoms in total. The van der Waals surface area contributed by atoms with Gasteiger partial charge in [0.1, 0.15) is 5.92 Å². The van der Waals surface area contributed by atoms with Gasteiger partial charge in [-0.1, -0.05) is 42.5 Å². The number of nitrogens with one attached hydrogen (secondary N) is 1. The molecular weight excluding hydrogens is 260 g/mol. The summed E-state index contributed by atoms with van der Waals surface area (Å²) < 4.78 is 0. The van der Waals surface area contributed by atoms with Crippen molar-refractivity contribution in [2.24, 2.45) is 5.92 Å². The SMILES string of the molecule is Cc1ccc(C)c(NC(=O)C(C#N)Cc2ccccc2)c1. The molecule has 0 heterocycles. The van der Waals surface area contributed by atoms with E-state index < -0.39 is 5.92 Å². The van der Waals surface area contributed by atoms with E-state index in [2.05, 4.69) is 11.4 Å². The number of carbonyl (C=O) groups is 1. The Bertz CT molecular complexity index is 671. The first kappa shape index (κ1) is 14.8. The fourth-order valence-corrected chi connectivity index (χ4v) is 2.14. The van der Waals surface area contributed by atoms with Crippen LogP contribution in [0.3, 0.4) is 0 Å². The Balaban J connectivity index is 2.10. The molecule has 0 aliphatic rings. The van der Waals surface area contributed by atoms with Gasteiger partial charge in [0.2, 0.25) is 5.91 Å². The van der Waals surface area contributed by atoms with Crippen LogP contribution < -0.4 is 5.32 Å². The highest BCUT2D eigenvalue weighted by atomic mass is 16.1. The predicted octanol–water partition coefficient (Wildman–Crippen LogP) is 3.62. The van der Waals surface area contributed by atoms with Gasteiger partial charge < -0.3 is 5.32 Å². The summed E-state index contributed by atoms with van der Waals surface area (Å²) >= 11 is 0. The van der Waals surface area contributed by atoms with E-state index in [1.165, 1.54) is 0 Å². The van der Waals surface area contributed by atoms with Crippen LogP contribution in [-0.4, -0.2) is 5.91 Å². The highest BCUT2D eigenvalue weighted by Crippen LogP contribution is 2.18. The second kappa shape index (κ2) is 6.71. The normalized spacial score (nSPS) is 11.5. The standard InChI is InChI=1S/C18H18N2O/c1-13-8-9-14(2)17(10-13)20-18(21)16(12-19)11-15-6-4-3-5-7-15/h3-10,16H,11H2,1-2H3,(H,20,21). The average Bonchev–Trinajstić information content (AvgIpc) is 2.49. The second-order valence-corrected chi connectivity index (χ2v) is 5.18. The summed E-state index contributed by atoms with van der Waals surface area (Å²) in [6.07, 6.45) is 0.425. The predicted molar refractivity (Wildman–Crippen MR) is 83.8 cm³/mol. The number of hydrogen-bond acceptors (Lipinski definition) is 2. The maximum atomic E-state index is 12.3. The van der Waals surface area contributed by atoms with Crippen LogP contribution in [0.1, 0.15) is 16.7 Å². The largest absolute Gasteiger partial charge is 0.325 e. The van der Waals surface area contributed by atoms with Gasteiger partial charge in [-0.2, -0.15) is 5.26 Å². The van der Waals surface area contributed by atoms with Gasteiger partial charge in [0.05, 0.1) is 6.07 Å². The molecule has 0 bridgehead atoms. The number of hydrogen-bond donors (Lipinski definition) is 1. The number of carbonyl (C=O) groups excluding carboxylic acids is 1. The molecule has 3 heteroatoms. The summed E-state index contributed by atoms with van der Waals surface area (Å²) in [5.41, 5.74) is 3.83. The zero-order chi connectivity index (χ0) is 15.2. The Hall–Kier alpha value is -2.60. The van der Waals surface area contributed by atoms with Crippen LogP contribution in [0.2, 0.25) is 0 Å². The van der Waals surface area contributed by atoms with E-state index in [1.807, 2.05) is 62.4 Å². The molecule has 21 heavy (non-hydrogen) atoms. The number of anilines is 1. The monoisotopic (exact) mass is 278 g/mol. The van der Waals surface area contributed by atoms with E-state index in [0.29, 0.717) is 6.42 Å². The minimum atomic E-state index is -0.688. The number of rotatable bonds is 4. The van der Waals surface area contributed by atoms with E-state index in [1.54, 1.807) is 0 Å². The topological polar surface area (TPSA) is 52.9 Å². The third kappa shape index (κ3) is 3.93. The maximum Gasteiger partial charge on any atom is 0.242 e. The van der Waals surface area contributed by atoms with Gasteiger partial charge in [-0.15, -0.1) is 0 Å². The Labute approximate surface area is 125 Å². The number of aryl methyl sites for hydroxylation is 2. The van der Waals surface area contributed by atoms with Gasteiger partial charge in [0, 0.05) is 5.69 Å². The smallest absolute Gasteiger partial charge is 0.242 e. The molecule has 0 spiro atoms. The van der Waals surface area contributed by atoms with Crippen molar-refractivity contribution >= 4 is 11.6 Å². The quantitative estimate of drug-likeness (QED) is 0.928. The first-order valence-electron chi connectivity index (χ1n) is 6.92. The van der Waals surface area contributed by atoms with Crippen molar-refractivity contribution in [1.29, 1.82) is 5.26 Å². The number of benzene rings is 2. The lowest BCUT2D eigenvalue weighted by molar-refractivity contribution is -0.118. The van der Waals surface area contributed by atoms with Crippen LogP contribution in [0.15, 0.2) is 48.5 Å². The molecule has 1 amide bonds. The third-order valence-electron chi connectivity index (χ3n) is 3.41. The van der Waals surface area contributed by atoms with Crippen molar-refractivity contribution in [1.82, 2.24) is 0 Å². The molecule has 0 fully saturated rings. The van der Waals surface area contributed by atoms with Crippen LogP contribution in [0.25, 0.3) is 0 Å². The van der Waals surface area contributed by atoms with Crippen molar-refractivity contribution in [3.63, 3.8) is 0 Å². The Morgan fingerprint density at radius 3 is 2.57 bits per heavy atom. The molecule has 0 saturated heterocycles. The summed E-state index contributed by atoms with van der Waals surface area (Å²) in [7, 11) is 0. The molecule has 2 rings (SSSR count). The van der Waals surface area contributed by atoms with E-state index in [9.17, 15) is 10.1 Å². The third-order valence-corrected chi connectivity index (χ3v) is 3.41. The minimum Gasteiger partial charge on any atom is -0.325 e. The van der Waals surface area contributed by atoms with Gasteiger partial charge in [-0.05, 0) is 43.0 Å². The second-order valence-electron chi connectivity index (χ2n) is 5.18. The highest BCUT2D eigenvalue weighted by molar-refractivity contribution is 5.95. The fourth-order valence-electron chi connectivity index (χ4n) is 2.14. The van der Waals surface area contributed by atoms with Gasteiger partial charge in [0.15, 0.2) is 0 Å². The molecule has 1 N–H and O–H groups in total. The summed E-state index contributed by atoms with van der Waals surface area (Å²) in [6, 6.07) is 17.6. The summed E-state index contributed by atoms with van der Waals surface area (Å²) in [5.74, 6) is -0.942. The minimum absolute atomic E-state index is 0.255. The summed E-state index contributed by atoms with van der Waals surface area (Å²) in [4.78, 5) is 12.3. The Kier molecular flexibility index (Phi) is 4.73. The number of nitrogens with zero attached hydrogens (tertiary/aromatic N) is 1. The zero-order valence-electron chi connectivity index (χ0n) is 12.3. The van der Waals surface area contributed by atoms with Crippen molar-refractivity contribution in [2.75, 3.05) is 5.32 Å². The molecule has 0 aliphatic heterocycles. The van der Waals surface area contributed by atoms with Crippen LogP contribution in [-0.2, 0) is 11.2 Å². The molecule has 2 aromatic carbocycles. The molecule has 106 valence electrons. The van der Waals surface area contributed by atoms with Crippen LogP contribution in [0.4, 0.5) is 5.69 Å². The van der Waals surface area contributed by atoms with Crippen LogP contribution in [0.5, 0.6) is 0 Å². The van der Waals surface area contributed by atoms with Crippen molar-refractivity contribution in [3.8, 4) is 6.07 Å². The van der Waals surface area contributed by atoms with Crippen molar-refractivity contribution < 1.29 is 4.79 Å². The zero-order valence-corrected chi connectivity index (χ0v) is 12.3. The molecule has 1 unspecified atom stereocenters. The number of amides is 1.